The molecule has 1 aliphatic rings. The molecule has 2 unspecified atom stereocenters. The molecule has 0 aliphatic carbocycles. The van der Waals surface area contributed by atoms with E-state index in [4.69, 9.17) is 4.74 Å². The van der Waals surface area contributed by atoms with Gasteiger partial charge in [-0.05, 0) is 31.5 Å². The van der Waals surface area contributed by atoms with Gasteiger partial charge in [-0.25, -0.2) is 0 Å². The van der Waals surface area contributed by atoms with Crippen LogP contribution in [-0.2, 0) is 16.1 Å². The van der Waals surface area contributed by atoms with Crippen molar-refractivity contribution in [2.45, 2.75) is 32.6 Å². The second-order valence-corrected chi connectivity index (χ2v) is 8.17. The second kappa shape index (κ2) is 9.65. The Labute approximate surface area is 186 Å². The molecule has 0 bridgehead atoms. The average Bonchev–Trinajstić information content (AvgIpc) is 3.12. The average molecular weight is 473 g/mol. The van der Waals surface area contributed by atoms with Gasteiger partial charge in [0.2, 0.25) is 17.7 Å². The molecule has 0 radical (unpaired) electrons. The molecule has 2 heterocycles. The summed E-state index contributed by atoms with van der Waals surface area (Å²) in [4.78, 5) is 16.2. The predicted molar refractivity (Wildman–Crippen MR) is 112 cm³/mol. The van der Waals surface area contributed by atoms with Gasteiger partial charge in [0.15, 0.2) is 0 Å². The minimum atomic E-state index is 0. The number of carbonyl (C=O) groups excluding carboxylic acids is 1. The first kappa shape index (κ1) is 21.7. The van der Waals surface area contributed by atoms with E-state index in [0.717, 1.165) is 11.3 Å². The van der Waals surface area contributed by atoms with Gasteiger partial charge in [0.25, 0.3) is 5.91 Å². The summed E-state index contributed by atoms with van der Waals surface area (Å²) in [5.74, 6) is 0.140. The topological polar surface area (TPSA) is 33.4 Å². The van der Waals surface area contributed by atoms with E-state index < -0.39 is 0 Å². The Balaban J connectivity index is 0.00000240. The van der Waals surface area contributed by atoms with Crippen LogP contribution in [0.3, 0.4) is 0 Å². The van der Waals surface area contributed by atoms with E-state index in [-0.39, 0.29) is 35.1 Å². The molecule has 1 aromatic heterocycles. The highest BCUT2D eigenvalue weighted by atomic mass is 79.9. The quantitative estimate of drug-likeness (QED) is 0.531. The first-order chi connectivity index (χ1) is 13.6. The van der Waals surface area contributed by atoms with Gasteiger partial charge in [-0.1, -0.05) is 59.9 Å². The van der Waals surface area contributed by atoms with Crippen LogP contribution in [-0.4, -0.2) is 36.1 Å². The number of benzene rings is 2. The van der Waals surface area contributed by atoms with Crippen molar-refractivity contribution in [2.24, 2.45) is 0 Å². The maximum atomic E-state index is 13.0. The van der Waals surface area contributed by atoms with E-state index in [1.807, 2.05) is 43.0 Å². The lowest BCUT2D eigenvalue weighted by Crippen LogP contribution is -3.00. The number of ether oxygens (including phenoxy) is 1. The fourth-order valence-corrected chi connectivity index (χ4v) is 4.82. The highest BCUT2D eigenvalue weighted by molar-refractivity contribution is 7.13. The molecular formula is C23H25BrN2O2S. The van der Waals surface area contributed by atoms with Crippen LogP contribution in [0, 0.1) is 0 Å². The summed E-state index contributed by atoms with van der Waals surface area (Å²) < 4.78 is 7.87. The van der Waals surface area contributed by atoms with Gasteiger partial charge in [-0.2, -0.15) is 4.57 Å². The standard InChI is InChI=1S/C23H25N2O2S.BrH/c1-17-13-24(14-18(2)27-17)21(26)15-25-16-28-23(20-11-7-4-8-12-20)22(25)19-9-5-3-6-10-19;/h3-12,16-18H,13-15H2,1-2H3;1H/q+1;/p-1. The molecule has 0 saturated carbocycles. The fourth-order valence-electron chi connectivity index (χ4n) is 3.79. The molecule has 152 valence electrons. The van der Waals surface area contributed by atoms with Crippen molar-refractivity contribution in [3.8, 4) is 21.7 Å². The third-order valence-electron chi connectivity index (χ3n) is 4.96. The van der Waals surface area contributed by atoms with Gasteiger partial charge in [0, 0.05) is 18.7 Å². The molecule has 1 amide bonds. The van der Waals surface area contributed by atoms with Crippen LogP contribution < -0.4 is 21.5 Å². The molecule has 3 aromatic rings. The lowest BCUT2D eigenvalue weighted by atomic mass is 10.1. The highest BCUT2D eigenvalue weighted by Gasteiger charge is 2.30. The van der Waals surface area contributed by atoms with Crippen LogP contribution in [0.25, 0.3) is 21.7 Å². The van der Waals surface area contributed by atoms with Gasteiger partial charge in [-0.15, -0.1) is 0 Å². The maximum Gasteiger partial charge on any atom is 0.288 e. The number of hydrogen-bond acceptors (Lipinski definition) is 3. The molecule has 4 nitrogen and oxygen atoms in total. The smallest absolute Gasteiger partial charge is 0.288 e. The number of rotatable bonds is 4. The first-order valence-electron chi connectivity index (χ1n) is 9.67. The molecule has 4 rings (SSSR count). The van der Waals surface area contributed by atoms with Crippen molar-refractivity contribution in [1.29, 1.82) is 0 Å². The summed E-state index contributed by atoms with van der Waals surface area (Å²) >= 11 is 1.68. The molecule has 6 heteroatoms. The zero-order valence-corrected chi connectivity index (χ0v) is 19.0. The summed E-state index contributed by atoms with van der Waals surface area (Å²) in [7, 11) is 0. The number of amides is 1. The largest absolute Gasteiger partial charge is 1.00 e. The Morgan fingerprint density at radius 2 is 1.55 bits per heavy atom. The number of thiazole rings is 1. The van der Waals surface area contributed by atoms with Crippen LogP contribution >= 0.6 is 11.3 Å². The lowest BCUT2D eigenvalue weighted by molar-refractivity contribution is -0.669. The van der Waals surface area contributed by atoms with E-state index in [9.17, 15) is 4.79 Å². The monoisotopic (exact) mass is 472 g/mol. The maximum absolute atomic E-state index is 13.0. The van der Waals surface area contributed by atoms with Gasteiger partial charge in [0.1, 0.15) is 4.88 Å². The van der Waals surface area contributed by atoms with Crippen molar-refractivity contribution in [1.82, 2.24) is 4.90 Å². The number of morpholine rings is 1. The Morgan fingerprint density at radius 1 is 1.00 bits per heavy atom. The summed E-state index contributed by atoms with van der Waals surface area (Å²) in [5.41, 5.74) is 5.46. The van der Waals surface area contributed by atoms with E-state index in [1.165, 1.54) is 10.4 Å². The molecule has 29 heavy (non-hydrogen) atoms. The van der Waals surface area contributed by atoms with E-state index in [0.29, 0.717) is 19.6 Å². The van der Waals surface area contributed by atoms with Gasteiger partial charge in [0.05, 0.1) is 12.2 Å². The third-order valence-corrected chi connectivity index (χ3v) is 5.99. The molecule has 2 atom stereocenters. The Hall–Kier alpha value is -2.02. The molecule has 1 fully saturated rings. The van der Waals surface area contributed by atoms with Crippen molar-refractivity contribution in [2.75, 3.05) is 13.1 Å². The molecule has 1 saturated heterocycles. The number of aromatic nitrogens is 1. The Kier molecular flexibility index (Phi) is 7.22. The number of halogens is 1. The molecule has 0 N–H and O–H groups in total. The van der Waals surface area contributed by atoms with E-state index in [1.54, 1.807) is 11.3 Å². The minimum absolute atomic E-state index is 0. The van der Waals surface area contributed by atoms with Gasteiger partial charge in [-0.3, -0.25) is 4.79 Å². The lowest BCUT2D eigenvalue weighted by Gasteiger charge is -2.34. The van der Waals surface area contributed by atoms with Crippen LogP contribution in [0.1, 0.15) is 13.8 Å². The molecule has 2 aromatic carbocycles. The van der Waals surface area contributed by atoms with E-state index in [2.05, 4.69) is 46.5 Å². The Bertz CT molecular complexity index is 936. The Morgan fingerprint density at radius 3 is 2.14 bits per heavy atom. The third kappa shape index (κ3) is 4.94. The minimum Gasteiger partial charge on any atom is -1.00 e. The highest BCUT2D eigenvalue weighted by Crippen LogP contribution is 2.33. The van der Waals surface area contributed by atoms with Crippen molar-refractivity contribution in [3.63, 3.8) is 0 Å². The first-order valence-corrected chi connectivity index (χ1v) is 10.5. The van der Waals surface area contributed by atoms with Crippen LogP contribution in [0.2, 0.25) is 0 Å². The summed E-state index contributed by atoms with van der Waals surface area (Å²) in [6.45, 7) is 5.69. The summed E-state index contributed by atoms with van der Waals surface area (Å²) in [6, 6.07) is 20.7. The molecular weight excluding hydrogens is 448 g/mol. The zero-order chi connectivity index (χ0) is 19.5. The van der Waals surface area contributed by atoms with Crippen molar-refractivity contribution in [3.05, 3.63) is 66.2 Å². The molecule has 1 aliphatic heterocycles. The SMILES string of the molecule is CC1CN(C(=O)C[n+]2csc(-c3ccccc3)c2-c2ccccc2)CC(C)O1.[Br-]. The number of hydrogen-bond donors (Lipinski definition) is 0. The summed E-state index contributed by atoms with van der Waals surface area (Å²) in [6.07, 6.45) is 0.155. The normalized spacial score (nSPS) is 18.9. The van der Waals surface area contributed by atoms with Gasteiger partial charge >= 0.3 is 0 Å². The number of nitrogens with zero attached hydrogens (tertiary/aromatic N) is 2. The molecule has 0 spiro atoms. The second-order valence-electron chi connectivity index (χ2n) is 7.32. The number of carbonyl (C=O) groups is 1. The van der Waals surface area contributed by atoms with Crippen LogP contribution in [0.5, 0.6) is 0 Å². The van der Waals surface area contributed by atoms with Crippen molar-refractivity contribution >= 4 is 17.2 Å². The van der Waals surface area contributed by atoms with Crippen LogP contribution in [0.4, 0.5) is 0 Å². The van der Waals surface area contributed by atoms with Crippen molar-refractivity contribution < 1.29 is 31.1 Å². The van der Waals surface area contributed by atoms with Crippen LogP contribution in [0.15, 0.2) is 66.2 Å². The van der Waals surface area contributed by atoms with E-state index >= 15 is 0 Å². The zero-order valence-electron chi connectivity index (χ0n) is 16.6. The predicted octanol–water partition coefficient (Wildman–Crippen LogP) is 1.01. The fraction of sp³-hybridized carbons (Fsp3) is 0.304. The van der Waals surface area contributed by atoms with Gasteiger partial charge < -0.3 is 26.6 Å². The summed E-state index contributed by atoms with van der Waals surface area (Å²) in [5, 5.41) is 0.